The summed E-state index contributed by atoms with van der Waals surface area (Å²) < 4.78 is 0. The summed E-state index contributed by atoms with van der Waals surface area (Å²) in [5.74, 6) is -2.07. The van der Waals surface area contributed by atoms with Crippen molar-refractivity contribution in [2.24, 2.45) is 0 Å². The van der Waals surface area contributed by atoms with Crippen LogP contribution < -0.4 is 10.2 Å². The van der Waals surface area contributed by atoms with Crippen molar-refractivity contribution in [1.29, 1.82) is 0 Å². The van der Waals surface area contributed by atoms with Crippen molar-refractivity contribution in [1.82, 2.24) is 0 Å². The number of carboxylic acid groups (broad SMARTS) is 2. The second kappa shape index (κ2) is 11.2. The maximum absolute atomic E-state index is 10.1. The predicted molar refractivity (Wildman–Crippen MR) is 85.5 cm³/mol. The minimum absolute atomic E-state index is 0. The van der Waals surface area contributed by atoms with Gasteiger partial charge in [-0.05, 0) is 25.0 Å². The van der Waals surface area contributed by atoms with Gasteiger partial charge in [-0.3, -0.25) is 0 Å². The van der Waals surface area contributed by atoms with Crippen molar-refractivity contribution in [3.05, 3.63) is 70.8 Å². The van der Waals surface area contributed by atoms with Crippen molar-refractivity contribution >= 4 is 49.7 Å². The summed E-state index contributed by atoms with van der Waals surface area (Å²) >= 11 is 0. The number of aliphatic carboxylic acids is 2. The molecule has 0 aliphatic heterocycles. The van der Waals surface area contributed by atoms with Crippen molar-refractivity contribution in [3.8, 4) is 0 Å². The van der Waals surface area contributed by atoms with Gasteiger partial charge in [0.05, 0.1) is 0 Å². The number of benzene rings is 2. The van der Waals surface area contributed by atoms with Gasteiger partial charge in [-0.1, -0.05) is 59.7 Å². The molecule has 0 amide bonds. The van der Waals surface area contributed by atoms with Crippen LogP contribution in [-0.4, -0.2) is 49.7 Å². The largest absolute Gasteiger partial charge is 2.00 e. The van der Waals surface area contributed by atoms with E-state index >= 15 is 0 Å². The molecule has 0 aromatic heterocycles. The Kier molecular flexibility index (Phi) is 10.6. The topological polar surface area (TPSA) is 80.3 Å². The molecule has 0 aliphatic carbocycles. The SMILES string of the molecule is Cc1ccc(CC(=O)[O-])cc1.Cc1ccc(CC(=O)[O-])cc1.[Ca+2]. The quantitative estimate of drug-likeness (QED) is 0.746. The first-order valence-corrected chi connectivity index (χ1v) is 6.87. The minimum atomic E-state index is -1.03. The van der Waals surface area contributed by atoms with Crippen LogP contribution in [0.15, 0.2) is 48.5 Å². The van der Waals surface area contributed by atoms with Gasteiger partial charge >= 0.3 is 37.7 Å². The Labute approximate surface area is 166 Å². The second-order valence-electron chi connectivity index (χ2n) is 5.07. The van der Waals surface area contributed by atoms with Gasteiger partial charge in [0.1, 0.15) is 0 Å². The summed E-state index contributed by atoms with van der Waals surface area (Å²) in [7, 11) is 0. The van der Waals surface area contributed by atoms with Gasteiger partial charge in [-0.25, -0.2) is 0 Å². The van der Waals surface area contributed by atoms with Crippen LogP contribution in [0, 0.1) is 13.8 Å². The molecule has 23 heavy (non-hydrogen) atoms. The van der Waals surface area contributed by atoms with E-state index in [9.17, 15) is 19.8 Å². The monoisotopic (exact) mass is 338 g/mol. The second-order valence-corrected chi connectivity index (χ2v) is 5.07. The van der Waals surface area contributed by atoms with Crippen LogP contribution in [0.5, 0.6) is 0 Å². The molecular formula is C18H18CaO4. The van der Waals surface area contributed by atoms with Crippen molar-refractivity contribution in [2.75, 3.05) is 0 Å². The summed E-state index contributed by atoms with van der Waals surface area (Å²) in [6, 6.07) is 14.7. The zero-order valence-electron chi connectivity index (χ0n) is 13.4. The fraction of sp³-hybridized carbons (Fsp3) is 0.222. The molecule has 0 saturated heterocycles. The van der Waals surface area contributed by atoms with E-state index in [2.05, 4.69) is 0 Å². The molecule has 116 valence electrons. The van der Waals surface area contributed by atoms with E-state index < -0.39 is 11.9 Å². The van der Waals surface area contributed by atoms with Gasteiger partial charge in [0.2, 0.25) is 0 Å². The molecule has 0 fully saturated rings. The standard InChI is InChI=1S/2C9H10O2.Ca/c2*1-7-2-4-8(5-3-7)6-9(10)11;/h2*2-5H,6H2,1H3,(H,10,11);/q;;+2/p-2. The molecule has 0 saturated carbocycles. The molecule has 0 unspecified atom stereocenters. The average molecular weight is 338 g/mol. The molecule has 0 radical (unpaired) electrons. The van der Waals surface area contributed by atoms with E-state index in [-0.39, 0.29) is 50.6 Å². The number of rotatable bonds is 4. The Morgan fingerprint density at radius 3 is 1.17 bits per heavy atom. The fourth-order valence-corrected chi connectivity index (χ4v) is 1.75. The predicted octanol–water partition coefficient (Wildman–Crippen LogP) is 0.194. The van der Waals surface area contributed by atoms with Gasteiger partial charge < -0.3 is 19.8 Å². The molecule has 5 heteroatoms. The maximum Gasteiger partial charge on any atom is 2.00 e. The zero-order valence-corrected chi connectivity index (χ0v) is 15.6. The third kappa shape index (κ3) is 10.1. The molecule has 0 atom stereocenters. The summed E-state index contributed by atoms with van der Waals surface area (Å²) in [5, 5.41) is 20.3. The van der Waals surface area contributed by atoms with Gasteiger partial charge in [0.15, 0.2) is 0 Å². The number of hydrogen-bond donors (Lipinski definition) is 0. The Morgan fingerprint density at radius 1 is 0.696 bits per heavy atom. The summed E-state index contributed by atoms with van der Waals surface area (Å²) in [6.07, 6.45) is 0.000556. The molecule has 0 N–H and O–H groups in total. The van der Waals surface area contributed by atoms with Crippen molar-refractivity contribution < 1.29 is 19.8 Å². The van der Waals surface area contributed by atoms with Crippen LogP contribution in [0.1, 0.15) is 22.3 Å². The van der Waals surface area contributed by atoms with Crippen LogP contribution in [0.4, 0.5) is 0 Å². The first-order valence-electron chi connectivity index (χ1n) is 6.87. The van der Waals surface area contributed by atoms with Crippen LogP contribution >= 0.6 is 0 Å². The van der Waals surface area contributed by atoms with Gasteiger partial charge in [0.25, 0.3) is 0 Å². The zero-order chi connectivity index (χ0) is 16.5. The number of aryl methyl sites for hydroxylation is 2. The van der Waals surface area contributed by atoms with Crippen LogP contribution in [0.3, 0.4) is 0 Å². The molecule has 2 aromatic carbocycles. The number of carboxylic acids is 2. The Bertz CT molecular complexity index is 561. The number of carbonyl (C=O) groups is 2. The fourth-order valence-electron chi connectivity index (χ4n) is 1.75. The van der Waals surface area contributed by atoms with Gasteiger partial charge in [0, 0.05) is 24.8 Å². The van der Waals surface area contributed by atoms with E-state index in [0.29, 0.717) is 0 Å². The molecule has 0 spiro atoms. The molecule has 0 aliphatic rings. The third-order valence-corrected chi connectivity index (χ3v) is 2.94. The summed E-state index contributed by atoms with van der Waals surface area (Å²) in [6.45, 7) is 3.92. The summed E-state index contributed by atoms with van der Waals surface area (Å²) in [4.78, 5) is 20.3. The normalized spacial score (nSPS) is 9.13. The van der Waals surface area contributed by atoms with E-state index in [1.165, 1.54) is 0 Å². The first kappa shape index (κ1) is 21.6. The number of carbonyl (C=O) groups excluding carboxylic acids is 2. The Morgan fingerprint density at radius 2 is 0.957 bits per heavy atom. The molecular weight excluding hydrogens is 320 g/mol. The van der Waals surface area contributed by atoms with E-state index in [1.54, 1.807) is 24.3 Å². The molecule has 0 heterocycles. The molecule has 2 aromatic rings. The van der Waals surface area contributed by atoms with Crippen LogP contribution in [0.2, 0.25) is 0 Å². The van der Waals surface area contributed by atoms with Gasteiger partial charge in [-0.2, -0.15) is 0 Å². The molecule has 2 rings (SSSR count). The van der Waals surface area contributed by atoms with E-state index in [1.807, 2.05) is 38.1 Å². The number of hydrogen-bond acceptors (Lipinski definition) is 4. The van der Waals surface area contributed by atoms with Crippen LogP contribution in [-0.2, 0) is 22.4 Å². The Hall–Kier alpha value is -1.36. The van der Waals surface area contributed by atoms with Crippen molar-refractivity contribution in [3.63, 3.8) is 0 Å². The summed E-state index contributed by atoms with van der Waals surface area (Å²) in [5.41, 5.74) is 3.84. The van der Waals surface area contributed by atoms with Crippen LogP contribution in [0.25, 0.3) is 0 Å². The molecule has 4 nitrogen and oxygen atoms in total. The maximum atomic E-state index is 10.1. The van der Waals surface area contributed by atoms with E-state index in [0.717, 1.165) is 22.3 Å². The Balaban J connectivity index is 0.000000403. The van der Waals surface area contributed by atoms with Gasteiger partial charge in [-0.15, -0.1) is 0 Å². The first-order chi connectivity index (χ1) is 10.4. The smallest absolute Gasteiger partial charge is 0.550 e. The average Bonchev–Trinajstić information content (AvgIpc) is 2.44. The van der Waals surface area contributed by atoms with E-state index in [4.69, 9.17) is 0 Å². The minimum Gasteiger partial charge on any atom is -0.550 e. The molecule has 0 bridgehead atoms. The third-order valence-electron chi connectivity index (χ3n) is 2.94. The van der Waals surface area contributed by atoms with Crippen molar-refractivity contribution in [2.45, 2.75) is 26.7 Å².